The van der Waals surface area contributed by atoms with Gasteiger partial charge >= 0.3 is 0 Å². The number of rotatable bonds is 3. The molecule has 2 rings (SSSR count). The maximum absolute atomic E-state index is 12.2. The Kier molecular flexibility index (Phi) is 3.29. The second-order valence-corrected chi connectivity index (χ2v) is 6.48. The number of aromatic nitrogens is 1. The summed E-state index contributed by atoms with van der Waals surface area (Å²) in [5.74, 6) is -0.102. The van der Waals surface area contributed by atoms with Gasteiger partial charge in [0.15, 0.2) is 5.78 Å². The van der Waals surface area contributed by atoms with Crippen LogP contribution in [0, 0.1) is 12.3 Å². The van der Waals surface area contributed by atoms with Crippen LogP contribution >= 0.6 is 0 Å². The molecule has 19 heavy (non-hydrogen) atoms. The first kappa shape index (κ1) is 13.8. The Morgan fingerprint density at radius 3 is 2.68 bits per heavy atom. The molecule has 1 unspecified atom stereocenters. The summed E-state index contributed by atoms with van der Waals surface area (Å²) in [5.41, 5.74) is 8.19. The Balaban J connectivity index is 2.47. The first-order valence-corrected chi connectivity index (χ1v) is 6.73. The van der Waals surface area contributed by atoms with Crippen LogP contribution in [0.3, 0.4) is 0 Å². The standard InChI is InChI=1S/C15H22N2O2/c1-9-5-11-12(7-15(3,4)8-13(11)18)17(9)10(2)6-14(16)19/h5,10H,6-8H2,1-4H3,(H2,16,19). The number of Topliss-reactive ketones (excluding diaryl/α,β-unsaturated/α-hetero) is 1. The zero-order chi connectivity index (χ0) is 14.4. The molecule has 0 saturated heterocycles. The lowest BCUT2D eigenvalue weighted by atomic mass is 9.76. The maximum Gasteiger partial charge on any atom is 0.219 e. The molecule has 1 aromatic rings. The van der Waals surface area contributed by atoms with Crippen LogP contribution in [0.2, 0.25) is 0 Å². The number of hydrogen-bond donors (Lipinski definition) is 1. The van der Waals surface area contributed by atoms with Crippen molar-refractivity contribution in [2.24, 2.45) is 11.1 Å². The number of nitrogens with two attached hydrogens (primary N) is 1. The first-order chi connectivity index (χ1) is 8.71. The smallest absolute Gasteiger partial charge is 0.219 e. The molecule has 0 fully saturated rings. The van der Waals surface area contributed by atoms with Crippen LogP contribution in [-0.4, -0.2) is 16.3 Å². The fraction of sp³-hybridized carbons (Fsp3) is 0.600. The number of fused-ring (bicyclic) bond motifs is 1. The van der Waals surface area contributed by atoms with E-state index in [2.05, 4.69) is 18.4 Å². The van der Waals surface area contributed by atoms with Gasteiger partial charge in [-0.25, -0.2) is 0 Å². The average molecular weight is 262 g/mol. The van der Waals surface area contributed by atoms with E-state index in [0.29, 0.717) is 12.8 Å². The Hall–Kier alpha value is -1.58. The monoisotopic (exact) mass is 262 g/mol. The number of hydrogen-bond acceptors (Lipinski definition) is 2. The van der Waals surface area contributed by atoms with Crippen molar-refractivity contribution in [3.8, 4) is 0 Å². The van der Waals surface area contributed by atoms with Crippen LogP contribution < -0.4 is 5.73 Å². The number of aryl methyl sites for hydroxylation is 1. The van der Waals surface area contributed by atoms with Crippen LogP contribution in [-0.2, 0) is 11.2 Å². The highest BCUT2D eigenvalue weighted by Gasteiger charge is 2.34. The number of nitrogens with zero attached hydrogens (tertiary/aromatic N) is 1. The highest BCUT2D eigenvalue weighted by atomic mass is 16.1. The van der Waals surface area contributed by atoms with E-state index < -0.39 is 0 Å². The molecule has 0 radical (unpaired) electrons. The maximum atomic E-state index is 12.2. The van der Waals surface area contributed by atoms with Crippen molar-refractivity contribution in [1.82, 2.24) is 4.57 Å². The van der Waals surface area contributed by atoms with Gasteiger partial charge in [-0.2, -0.15) is 0 Å². The minimum atomic E-state index is -0.309. The molecule has 4 nitrogen and oxygen atoms in total. The van der Waals surface area contributed by atoms with Gasteiger partial charge in [-0.1, -0.05) is 13.8 Å². The molecule has 0 bridgehead atoms. The lowest BCUT2D eigenvalue weighted by Gasteiger charge is -2.31. The SMILES string of the molecule is Cc1cc2c(n1C(C)CC(N)=O)CC(C)(C)CC2=O. The minimum Gasteiger partial charge on any atom is -0.370 e. The summed E-state index contributed by atoms with van der Waals surface area (Å²) in [6.07, 6.45) is 1.76. The molecule has 0 aromatic carbocycles. The van der Waals surface area contributed by atoms with Crippen molar-refractivity contribution in [3.63, 3.8) is 0 Å². The number of carbonyl (C=O) groups excluding carboxylic acids is 2. The molecule has 0 spiro atoms. The fourth-order valence-corrected chi connectivity index (χ4v) is 3.17. The molecule has 1 aliphatic rings. The van der Waals surface area contributed by atoms with Gasteiger partial charge in [0.2, 0.25) is 5.91 Å². The van der Waals surface area contributed by atoms with E-state index in [-0.39, 0.29) is 23.1 Å². The van der Waals surface area contributed by atoms with Crippen molar-refractivity contribution < 1.29 is 9.59 Å². The Labute approximate surface area is 114 Å². The lowest BCUT2D eigenvalue weighted by Crippen LogP contribution is -2.29. The largest absolute Gasteiger partial charge is 0.370 e. The third-order valence-electron chi connectivity index (χ3n) is 3.86. The molecule has 1 amide bonds. The van der Waals surface area contributed by atoms with Crippen LogP contribution in [0.25, 0.3) is 0 Å². The molecule has 2 N–H and O–H groups in total. The predicted molar refractivity (Wildman–Crippen MR) is 74.1 cm³/mol. The zero-order valence-electron chi connectivity index (χ0n) is 12.1. The van der Waals surface area contributed by atoms with E-state index in [4.69, 9.17) is 5.73 Å². The third kappa shape index (κ3) is 2.57. The molecule has 0 aliphatic heterocycles. The van der Waals surface area contributed by atoms with Crippen molar-refractivity contribution in [2.45, 2.75) is 53.0 Å². The highest BCUT2D eigenvalue weighted by molar-refractivity contribution is 5.99. The van der Waals surface area contributed by atoms with Gasteiger partial charge in [0.05, 0.1) is 0 Å². The molecule has 1 heterocycles. The Morgan fingerprint density at radius 1 is 1.47 bits per heavy atom. The predicted octanol–water partition coefficient (Wildman–Crippen LogP) is 2.39. The molecular formula is C15H22N2O2. The van der Waals surface area contributed by atoms with Crippen molar-refractivity contribution in [3.05, 3.63) is 23.0 Å². The van der Waals surface area contributed by atoms with Gasteiger partial charge in [-0.3, -0.25) is 9.59 Å². The molecule has 104 valence electrons. The van der Waals surface area contributed by atoms with Crippen molar-refractivity contribution in [1.29, 1.82) is 0 Å². The van der Waals surface area contributed by atoms with Crippen LogP contribution in [0.15, 0.2) is 6.07 Å². The van der Waals surface area contributed by atoms with E-state index in [1.807, 2.05) is 19.9 Å². The Morgan fingerprint density at radius 2 is 2.11 bits per heavy atom. The summed E-state index contributed by atoms with van der Waals surface area (Å²) in [7, 11) is 0. The van der Waals surface area contributed by atoms with E-state index >= 15 is 0 Å². The third-order valence-corrected chi connectivity index (χ3v) is 3.86. The second-order valence-electron chi connectivity index (χ2n) is 6.48. The molecule has 1 aliphatic carbocycles. The number of amides is 1. The van der Waals surface area contributed by atoms with Gasteiger partial charge in [-0.15, -0.1) is 0 Å². The molecule has 1 atom stereocenters. The van der Waals surface area contributed by atoms with Crippen molar-refractivity contribution in [2.75, 3.05) is 0 Å². The number of ketones is 1. The van der Waals surface area contributed by atoms with Crippen molar-refractivity contribution >= 4 is 11.7 Å². The molecule has 0 saturated carbocycles. The van der Waals surface area contributed by atoms with E-state index in [9.17, 15) is 9.59 Å². The van der Waals surface area contributed by atoms with Crippen LogP contribution in [0.1, 0.15) is 61.4 Å². The van der Waals surface area contributed by atoms with Gasteiger partial charge in [0, 0.05) is 35.8 Å². The number of primary amides is 1. The molecule has 1 aromatic heterocycles. The number of carbonyl (C=O) groups is 2. The van der Waals surface area contributed by atoms with Gasteiger partial charge in [0.1, 0.15) is 0 Å². The summed E-state index contributed by atoms with van der Waals surface area (Å²) in [6.45, 7) is 8.18. The normalized spacial score (nSPS) is 19.1. The van der Waals surface area contributed by atoms with Gasteiger partial charge in [-0.05, 0) is 31.7 Å². The molecule has 4 heteroatoms. The average Bonchev–Trinajstić information content (AvgIpc) is 2.52. The van der Waals surface area contributed by atoms with Crippen LogP contribution in [0.5, 0.6) is 0 Å². The lowest BCUT2D eigenvalue weighted by molar-refractivity contribution is -0.118. The summed E-state index contributed by atoms with van der Waals surface area (Å²) in [6, 6.07) is 1.95. The fourth-order valence-electron chi connectivity index (χ4n) is 3.17. The summed E-state index contributed by atoms with van der Waals surface area (Å²) in [4.78, 5) is 23.3. The topological polar surface area (TPSA) is 65.1 Å². The second kappa shape index (κ2) is 4.51. The first-order valence-electron chi connectivity index (χ1n) is 6.73. The van der Waals surface area contributed by atoms with E-state index in [1.165, 1.54) is 0 Å². The van der Waals surface area contributed by atoms with Crippen LogP contribution in [0.4, 0.5) is 0 Å². The summed E-state index contributed by atoms with van der Waals surface area (Å²) in [5, 5.41) is 0. The molecular weight excluding hydrogens is 240 g/mol. The van der Waals surface area contributed by atoms with E-state index in [0.717, 1.165) is 23.4 Å². The Bertz CT molecular complexity index is 541. The zero-order valence-corrected chi connectivity index (χ0v) is 12.1. The summed E-state index contributed by atoms with van der Waals surface area (Å²) < 4.78 is 2.11. The van der Waals surface area contributed by atoms with E-state index in [1.54, 1.807) is 0 Å². The highest BCUT2D eigenvalue weighted by Crippen LogP contribution is 2.37. The van der Waals surface area contributed by atoms with Gasteiger partial charge < -0.3 is 10.3 Å². The minimum absolute atomic E-state index is 0.00273. The quantitative estimate of drug-likeness (QED) is 0.909. The summed E-state index contributed by atoms with van der Waals surface area (Å²) >= 11 is 0. The van der Waals surface area contributed by atoms with Gasteiger partial charge in [0.25, 0.3) is 0 Å².